The van der Waals surface area contributed by atoms with E-state index in [0.717, 1.165) is 55.9 Å². The van der Waals surface area contributed by atoms with Crippen molar-refractivity contribution in [2.45, 2.75) is 20.3 Å². The molecular formula is C17H26N2O2. The van der Waals surface area contributed by atoms with Gasteiger partial charge < -0.3 is 15.0 Å². The van der Waals surface area contributed by atoms with Gasteiger partial charge in [0, 0.05) is 32.3 Å². The summed E-state index contributed by atoms with van der Waals surface area (Å²) in [6.07, 6.45) is 1.15. The maximum Gasteiger partial charge on any atom is 0.251 e. The molecule has 116 valence electrons. The van der Waals surface area contributed by atoms with Crippen LogP contribution in [0.4, 0.5) is 0 Å². The summed E-state index contributed by atoms with van der Waals surface area (Å²) in [4.78, 5) is 14.6. The molecule has 2 rings (SSSR count). The molecule has 1 amide bonds. The van der Waals surface area contributed by atoms with Crippen molar-refractivity contribution in [3.05, 3.63) is 34.9 Å². The number of hydrogen-bond donors (Lipinski definition) is 1. The average molecular weight is 290 g/mol. The summed E-state index contributed by atoms with van der Waals surface area (Å²) in [5, 5.41) is 3.08. The van der Waals surface area contributed by atoms with Gasteiger partial charge in [-0.05, 0) is 44.9 Å². The number of aryl methyl sites for hydroxylation is 2. The molecule has 0 saturated carbocycles. The molecule has 4 heteroatoms. The van der Waals surface area contributed by atoms with Crippen LogP contribution in [0.15, 0.2) is 18.2 Å². The highest BCUT2D eigenvalue weighted by Gasteiger charge is 2.22. The van der Waals surface area contributed by atoms with Crippen LogP contribution in [0, 0.1) is 19.8 Å². The lowest BCUT2D eigenvalue weighted by molar-refractivity contribution is 0.0946. The van der Waals surface area contributed by atoms with Gasteiger partial charge in [-0.25, -0.2) is 0 Å². The first-order valence-electron chi connectivity index (χ1n) is 7.66. The number of carbonyl (C=O) groups is 1. The van der Waals surface area contributed by atoms with Crippen molar-refractivity contribution in [3.8, 4) is 0 Å². The summed E-state index contributed by atoms with van der Waals surface area (Å²) in [5.41, 5.74) is 3.03. The second-order valence-corrected chi connectivity index (χ2v) is 6.03. The van der Waals surface area contributed by atoms with Crippen molar-refractivity contribution >= 4 is 5.91 Å². The standard InChI is InChI=1S/C17H26N2O2/c1-13-8-14(2)10-16(9-13)17(20)18-11-15-4-5-19(12-15)6-7-21-3/h8-10,15H,4-7,11-12H2,1-3H3,(H,18,20)/t15-/m1/s1. The predicted octanol–water partition coefficient (Wildman–Crippen LogP) is 2.00. The molecule has 1 saturated heterocycles. The zero-order chi connectivity index (χ0) is 15.2. The predicted molar refractivity (Wildman–Crippen MR) is 84.7 cm³/mol. The number of methoxy groups -OCH3 is 1. The highest BCUT2D eigenvalue weighted by atomic mass is 16.5. The minimum Gasteiger partial charge on any atom is -0.383 e. The van der Waals surface area contributed by atoms with Crippen LogP contribution in [0.3, 0.4) is 0 Å². The van der Waals surface area contributed by atoms with Crippen molar-refractivity contribution in [1.82, 2.24) is 10.2 Å². The molecule has 1 aliphatic heterocycles. The van der Waals surface area contributed by atoms with Crippen LogP contribution >= 0.6 is 0 Å². The van der Waals surface area contributed by atoms with Crippen molar-refractivity contribution in [2.75, 3.05) is 39.9 Å². The molecule has 0 radical (unpaired) electrons. The lowest BCUT2D eigenvalue weighted by Gasteiger charge is -2.15. The van der Waals surface area contributed by atoms with E-state index in [0.29, 0.717) is 5.92 Å². The van der Waals surface area contributed by atoms with Gasteiger partial charge in [0.05, 0.1) is 6.61 Å². The maximum absolute atomic E-state index is 12.2. The zero-order valence-electron chi connectivity index (χ0n) is 13.3. The number of likely N-dealkylation sites (tertiary alicyclic amines) is 1. The molecule has 1 aromatic carbocycles. The number of nitrogens with zero attached hydrogens (tertiary/aromatic N) is 1. The number of hydrogen-bond acceptors (Lipinski definition) is 3. The molecule has 1 N–H and O–H groups in total. The fourth-order valence-corrected chi connectivity index (χ4v) is 2.95. The van der Waals surface area contributed by atoms with E-state index in [4.69, 9.17) is 4.74 Å². The molecule has 4 nitrogen and oxygen atoms in total. The maximum atomic E-state index is 12.2. The normalized spacial score (nSPS) is 18.9. The molecule has 21 heavy (non-hydrogen) atoms. The van der Waals surface area contributed by atoms with Crippen LogP contribution in [0.5, 0.6) is 0 Å². The first-order chi connectivity index (χ1) is 10.1. The summed E-state index contributed by atoms with van der Waals surface area (Å²) in [5.74, 6) is 0.592. The first kappa shape index (κ1) is 16.0. The van der Waals surface area contributed by atoms with Crippen molar-refractivity contribution in [2.24, 2.45) is 5.92 Å². The number of amides is 1. The molecule has 1 heterocycles. The van der Waals surface area contributed by atoms with E-state index in [1.54, 1.807) is 7.11 Å². The number of rotatable bonds is 6. The average Bonchev–Trinajstić information content (AvgIpc) is 2.89. The lowest BCUT2D eigenvalue weighted by Crippen LogP contribution is -2.31. The van der Waals surface area contributed by atoms with Gasteiger partial charge in [0.2, 0.25) is 0 Å². The van der Waals surface area contributed by atoms with Gasteiger partial charge in [-0.3, -0.25) is 4.79 Å². The number of ether oxygens (including phenoxy) is 1. The highest BCUT2D eigenvalue weighted by molar-refractivity contribution is 5.94. The summed E-state index contributed by atoms with van der Waals surface area (Å²) >= 11 is 0. The molecule has 1 atom stereocenters. The summed E-state index contributed by atoms with van der Waals surface area (Å²) < 4.78 is 5.11. The first-order valence-corrected chi connectivity index (χ1v) is 7.66. The van der Waals surface area contributed by atoms with Crippen LogP contribution in [0.2, 0.25) is 0 Å². The molecule has 0 unspecified atom stereocenters. The van der Waals surface area contributed by atoms with Crippen molar-refractivity contribution in [3.63, 3.8) is 0 Å². The highest BCUT2D eigenvalue weighted by Crippen LogP contribution is 2.15. The Morgan fingerprint density at radius 3 is 2.71 bits per heavy atom. The topological polar surface area (TPSA) is 41.6 Å². The van der Waals surface area contributed by atoms with E-state index in [-0.39, 0.29) is 5.91 Å². The van der Waals surface area contributed by atoms with Crippen LogP contribution in [-0.2, 0) is 4.74 Å². The third-order valence-electron chi connectivity index (χ3n) is 4.02. The smallest absolute Gasteiger partial charge is 0.251 e. The molecule has 0 aliphatic carbocycles. The van der Waals surface area contributed by atoms with Crippen LogP contribution in [0.25, 0.3) is 0 Å². The van der Waals surface area contributed by atoms with E-state index in [1.807, 2.05) is 26.0 Å². The molecular weight excluding hydrogens is 264 g/mol. The molecule has 0 spiro atoms. The van der Waals surface area contributed by atoms with Gasteiger partial charge in [0.15, 0.2) is 0 Å². The van der Waals surface area contributed by atoms with Crippen LogP contribution in [-0.4, -0.2) is 50.7 Å². The number of carbonyl (C=O) groups excluding carboxylic acids is 1. The van der Waals surface area contributed by atoms with Gasteiger partial charge >= 0.3 is 0 Å². The van der Waals surface area contributed by atoms with Gasteiger partial charge in [-0.15, -0.1) is 0 Å². The van der Waals surface area contributed by atoms with Gasteiger partial charge in [0.25, 0.3) is 5.91 Å². The third kappa shape index (κ3) is 4.83. The molecule has 0 bridgehead atoms. The Balaban J connectivity index is 1.79. The van der Waals surface area contributed by atoms with Gasteiger partial charge in [-0.1, -0.05) is 17.2 Å². The quantitative estimate of drug-likeness (QED) is 0.871. The Kier molecular flexibility index (Phi) is 5.76. The van der Waals surface area contributed by atoms with Crippen molar-refractivity contribution < 1.29 is 9.53 Å². The lowest BCUT2D eigenvalue weighted by atomic mass is 10.1. The molecule has 0 aromatic heterocycles. The second-order valence-electron chi connectivity index (χ2n) is 6.03. The Hall–Kier alpha value is -1.39. The number of nitrogens with one attached hydrogen (secondary N) is 1. The van der Waals surface area contributed by atoms with E-state index in [2.05, 4.69) is 16.3 Å². The zero-order valence-corrected chi connectivity index (χ0v) is 13.3. The Morgan fingerprint density at radius 2 is 2.05 bits per heavy atom. The van der Waals surface area contributed by atoms with Crippen LogP contribution in [0.1, 0.15) is 27.9 Å². The molecule has 1 fully saturated rings. The molecule has 1 aliphatic rings. The monoisotopic (exact) mass is 290 g/mol. The van der Waals surface area contributed by atoms with Crippen molar-refractivity contribution in [1.29, 1.82) is 0 Å². The van der Waals surface area contributed by atoms with E-state index in [1.165, 1.54) is 0 Å². The Bertz CT molecular complexity index is 467. The van der Waals surface area contributed by atoms with Gasteiger partial charge in [0.1, 0.15) is 0 Å². The largest absolute Gasteiger partial charge is 0.383 e. The summed E-state index contributed by atoms with van der Waals surface area (Å²) in [6.45, 7) is 8.72. The van der Waals surface area contributed by atoms with E-state index in [9.17, 15) is 4.79 Å². The second kappa shape index (κ2) is 7.57. The fourth-order valence-electron chi connectivity index (χ4n) is 2.95. The third-order valence-corrected chi connectivity index (χ3v) is 4.02. The van der Waals surface area contributed by atoms with E-state index < -0.39 is 0 Å². The summed E-state index contributed by atoms with van der Waals surface area (Å²) in [6, 6.07) is 5.98. The minimum atomic E-state index is 0.0390. The fraction of sp³-hybridized carbons (Fsp3) is 0.588. The SMILES string of the molecule is COCCN1CC[C@H](CNC(=O)c2cc(C)cc(C)c2)C1. The summed E-state index contributed by atoms with van der Waals surface area (Å²) in [7, 11) is 1.73. The Morgan fingerprint density at radius 1 is 1.33 bits per heavy atom. The van der Waals surface area contributed by atoms with E-state index >= 15 is 0 Å². The molecule has 1 aromatic rings. The minimum absolute atomic E-state index is 0.0390. The Labute approximate surface area is 127 Å². The van der Waals surface area contributed by atoms with Crippen LogP contribution < -0.4 is 5.32 Å². The number of benzene rings is 1. The van der Waals surface area contributed by atoms with Gasteiger partial charge in [-0.2, -0.15) is 0 Å².